The molecular weight excluding hydrogens is 263 g/mol. The maximum Gasteiger partial charge on any atom is 0.233 e. The maximum atomic E-state index is 12.8. The second-order valence-electron chi connectivity index (χ2n) is 4.80. The SMILES string of the molecule is CCC(C)(C(=O)NC(C)c1ccc(F)cc1)C(N)=S. The Morgan fingerprint density at radius 2 is 2.00 bits per heavy atom. The molecule has 19 heavy (non-hydrogen) atoms. The number of carbonyl (C=O) groups is 1. The van der Waals surface area contributed by atoms with Gasteiger partial charge in [-0.2, -0.15) is 0 Å². The first-order chi connectivity index (χ1) is 8.81. The van der Waals surface area contributed by atoms with Crippen molar-refractivity contribution < 1.29 is 9.18 Å². The van der Waals surface area contributed by atoms with E-state index in [1.54, 1.807) is 19.1 Å². The Morgan fingerprint density at radius 1 is 1.47 bits per heavy atom. The second kappa shape index (κ2) is 6.10. The molecule has 0 aliphatic carbocycles. The molecule has 2 unspecified atom stereocenters. The zero-order valence-corrected chi connectivity index (χ0v) is 12.2. The molecule has 5 heteroatoms. The van der Waals surface area contributed by atoms with Crippen LogP contribution in [0.3, 0.4) is 0 Å². The lowest BCUT2D eigenvalue weighted by molar-refractivity contribution is -0.127. The van der Waals surface area contributed by atoms with Gasteiger partial charge in [0.05, 0.1) is 16.4 Å². The molecule has 0 aliphatic heterocycles. The first-order valence-corrected chi connectivity index (χ1v) is 6.58. The van der Waals surface area contributed by atoms with Gasteiger partial charge in [0.15, 0.2) is 0 Å². The van der Waals surface area contributed by atoms with Gasteiger partial charge in [0.25, 0.3) is 0 Å². The Morgan fingerprint density at radius 3 is 2.42 bits per heavy atom. The largest absolute Gasteiger partial charge is 0.392 e. The predicted molar refractivity (Wildman–Crippen MR) is 78.1 cm³/mol. The van der Waals surface area contributed by atoms with E-state index < -0.39 is 5.41 Å². The highest BCUT2D eigenvalue weighted by Crippen LogP contribution is 2.23. The van der Waals surface area contributed by atoms with Crippen molar-refractivity contribution in [3.05, 3.63) is 35.6 Å². The van der Waals surface area contributed by atoms with Gasteiger partial charge in [-0.25, -0.2) is 4.39 Å². The van der Waals surface area contributed by atoms with E-state index in [1.165, 1.54) is 12.1 Å². The molecule has 0 bridgehead atoms. The molecule has 3 N–H and O–H groups in total. The van der Waals surface area contributed by atoms with Gasteiger partial charge < -0.3 is 11.1 Å². The number of benzene rings is 1. The molecule has 0 aromatic heterocycles. The number of amides is 1. The molecule has 2 atom stereocenters. The van der Waals surface area contributed by atoms with Crippen molar-refractivity contribution in [1.82, 2.24) is 5.32 Å². The van der Waals surface area contributed by atoms with Gasteiger partial charge in [-0.05, 0) is 38.0 Å². The van der Waals surface area contributed by atoms with Crippen LogP contribution in [0.25, 0.3) is 0 Å². The van der Waals surface area contributed by atoms with Crippen molar-refractivity contribution >= 4 is 23.1 Å². The molecule has 0 aliphatic rings. The van der Waals surface area contributed by atoms with Crippen molar-refractivity contribution in [2.24, 2.45) is 11.1 Å². The number of hydrogen-bond acceptors (Lipinski definition) is 2. The van der Waals surface area contributed by atoms with Crippen LogP contribution in [0.5, 0.6) is 0 Å². The fraction of sp³-hybridized carbons (Fsp3) is 0.429. The van der Waals surface area contributed by atoms with Gasteiger partial charge in [0.1, 0.15) is 5.82 Å². The number of hydrogen-bond donors (Lipinski definition) is 2. The fourth-order valence-electron chi connectivity index (χ4n) is 1.64. The Kier molecular flexibility index (Phi) is 5.00. The van der Waals surface area contributed by atoms with E-state index >= 15 is 0 Å². The Labute approximate surface area is 118 Å². The smallest absolute Gasteiger partial charge is 0.233 e. The summed E-state index contributed by atoms with van der Waals surface area (Å²) in [5.41, 5.74) is 5.61. The zero-order valence-electron chi connectivity index (χ0n) is 11.4. The third kappa shape index (κ3) is 3.50. The Hall–Kier alpha value is -1.49. The standard InChI is InChI=1S/C14H19FN2OS/c1-4-14(3,12(16)19)13(18)17-9(2)10-5-7-11(15)8-6-10/h5-9H,4H2,1-3H3,(H2,16,19)(H,17,18). The van der Waals surface area contributed by atoms with Gasteiger partial charge in [-0.15, -0.1) is 0 Å². The van der Waals surface area contributed by atoms with Crippen LogP contribution >= 0.6 is 12.2 Å². The number of halogens is 1. The van der Waals surface area contributed by atoms with E-state index in [4.69, 9.17) is 18.0 Å². The number of carbonyl (C=O) groups excluding carboxylic acids is 1. The van der Waals surface area contributed by atoms with E-state index in [2.05, 4.69) is 5.32 Å². The van der Waals surface area contributed by atoms with Gasteiger partial charge in [0.2, 0.25) is 5.91 Å². The maximum absolute atomic E-state index is 12.8. The molecule has 0 radical (unpaired) electrons. The molecule has 0 saturated carbocycles. The van der Waals surface area contributed by atoms with Gasteiger partial charge in [0, 0.05) is 0 Å². The summed E-state index contributed by atoms with van der Waals surface area (Å²) in [6.07, 6.45) is 0.532. The van der Waals surface area contributed by atoms with E-state index in [1.807, 2.05) is 13.8 Å². The summed E-state index contributed by atoms with van der Waals surface area (Å²) in [5.74, 6) is -0.511. The average Bonchev–Trinajstić information content (AvgIpc) is 2.37. The van der Waals surface area contributed by atoms with Crippen molar-refractivity contribution in [3.8, 4) is 0 Å². The van der Waals surface area contributed by atoms with E-state index in [0.717, 1.165) is 5.56 Å². The number of rotatable bonds is 5. The Balaban J connectivity index is 2.81. The molecule has 0 heterocycles. The average molecular weight is 282 g/mol. The van der Waals surface area contributed by atoms with Gasteiger partial charge >= 0.3 is 0 Å². The number of nitrogens with one attached hydrogen (secondary N) is 1. The highest BCUT2D eigenvalue weighted by molar-refractivity contribution is 7.80. The molecule has 0 spiro atoms. The molecule has 1 aromatic rings. The summed E-state index contributed by atoms with van der Waals surface area (Å²) < 4.78 is 12.8. The van der Waals surface area contributed by atoms with Crippen molar-refractivity contribution in [2.75, 3.05) is 0 Å². The minimum atomic E-state index is -0.858. The summed E-state index contributed by atoms with van der Waals surface area (Å²) >= 11 is 4.96. The normalized spacial score (nSPS) is 15.4. The van der Waals surface area contributed by atoms with E-state index in [9.17, 15) is 9.18 Å². The summed E-state index contributed by atoms with van der Waals surface area (Å²) in [6, 6.07) is 5.79. The summed E-state index contributed by atoms with van der Waals surface area (Å²) in [6.45, 7) is 5.42. The minimum absolute atomic E-state index is 0.179. The second-order valence-corrected chi connectivity index (χ2v) is 5.24. The van der Waals surface area contributed by atoms with Crippen LogP contribution in [0.15, 0.2) is 24.3 Å². The molecule has 104 valence electrons. The van der Waals surface area contributed by atoms with Gasteiger partial charge in [-0.3, -0.25) is 4.79 Å². The lowest BCUT2D eigenvalue weighted by Crippen LogP contribution is -2.47. The summed E-state index contributed by atoms with van der Waals surface area (Å²) in [4.78, 5) is 12.4. The molecule has 0 fully saturated rings. The molecule has 0 saturated heterocycles. The fourth-order valence-corrected chi connectivity index (χ4v) is 1.87. The van der Waals surface area contributed by atoms with Crippen LogP contribution in [0.4, 0.5) is 4.39 Å². The van der Waals surface area contributed by atoms with Crippen LogP contribution in [0.2, 0.25) is 0 Å². The number of nitrogens with two attached hydrogens (primary N) is 1. The van der Waals surface area contributed by atoms with Crippen LogP contribution in [0.1, 0.15) is 38.8 Å². The third-order valence-corrected chi connectivity index (χ3v) is 3.92. The molecule has 1 amide bonds. The predicted octanol–water partition coefficient (Wildman–Crippen LogP) is 2.71. The van der Waals surface area contributed by atoms with Crippen molar-refractivity contribution in [1.29, 1.82) is 0 Å². The van der Waals surface area contributed by atoms with Crippen LogP contribution < -0.4 is 11.1 Å². The van der Waals surface area contributed by atoms with Crippen LogP contribution in [0, 0.1) is 11.2 Å². The van der Waals surface area contributed by atoms with E-state index in [0.29, 0.717) is 6.42 Å². The molecular formula is C14H19FN2OS. The van der Waals surface area contributed by atoms with Crippen LogP contribution in [-0.2, 0) is 4.79 Å². The topological polar surface area (TPSA) is 55.1 Å². The first-order valence-electron chi connectivity index (χ1n) is 6.17. The molecule has 3 nitrogen and oxygen atoms in total. The Bertz CT molecular complexity index is 475. The quantitative estimate of drug-likeness (QED) is 0.816. The lowest BCUT2D eigenvalue weighted by atomic mass is 9.86. The highest BCUT2D eigenvalue weighted by Gasteiger charge is 2.35. The lowest BCUT2D eigenvalue weighted by Gasteiger charge is -2.27. The highest BCUT2D eigenvalue weighted by atomic mass is 32.1. The summed E-state index contributed by atoms with van der Waals surface area (Å²) in [5, 5.41) is 2.86. The monoisotopic (exact) mass is 282 g/mol. The third-order valence-electron chi connectivity index (χ3n) is 3.47. The van der Waals surface area contributed by atoms with E-state index in [-0.39, 0.29) is 22.8 Å². The zero-order chi connectivity index (χ0) is 14.6. The molecule has 1 rings (SSSR count). The minimum Gasteiger partial charge on any atom is -0.392 e. The van der Waals surface area contributed by atoms with Gasteiger partial charge in [-0.1, -0.05) is 31.3 Å². The molecule has 1 aromatic carbocycles. The summed E-state index contributed by atoms with van der Waals surface area (Å²) in [7, 11) is 0. The van der Waals surface area contributed by atoms with Crippen LogP contribution in [-0.4, -0.2) is 10.9 Å². The van der Waals surface area contributed by atoms with Crippen molar-refractivity contribution in [2.45, 2.75) is 33.2 Å². The first kappa shape index (κ1) is 15.6. The number of thiocarbonyl (C=S) groups is 1. The van der Waals surface area contributed by atoms with Crippen molar-refractivity contribution in [3.63, 3.8) is 0 Å².